The standard InChI is InChI=1S/C54H68O4/c1-3-5-7-9-11-13-15-37-17-21-39(22-18-37)41-25-29-43(30-26-41)45-33-35-47-49(51(45)55)53(57)48-36-34-46(52(56)50(48)54(47)58)44-31-27-42(28-32-44)40-23-19-38(20-24-40)16-14-12-10-8-6-4-2/h25-40,55-56H,3-24H2,1-2H3. The van der Waals surface area contributed by atoms with Gasteiger partial charge in [0, 0.05) is 22.3 Å². The molecule has 4 nitrogen and oxygen atoms in total. The van der Waals surface area contributed by atoms with Crippen molar-refractivity contribution < 1.29 is 19.8 Å². The van der Waals surface area contributed by atoms with Gasteiger partial charge in [-0.15, -0.1) is 0 Å². The summed E-state index contributed by atoms with van der Waals surface area (Å²) in [5.41, 5.74) is 5.65. The lowest BCUT2D eigenvalue weighted by Crippen LogP contribution is -2.21. The second kappa shape index (κ2) is 20.2. The summed E-state index contributed by atoms with van der Waals surface area (Å²) in [4.78, 5) is 28.0. The molecule has 0 radical (unpaired) electrons. The summed E-state index contributed by atoms with van der Waals surface area (Å²) in [5.74, 6) is 1.59. The van der Waals surface area contributed by atoms with E-state index in [9.17, 15) is 19.8 Å². The average molecular weight is 781 g/mol. The fourth-order valence-corrected chi connectivity index (χ4v) is 10.6. The van der Waals surface area contributed by atoms with Crippen molar-refractivity contribution in [2.24, 2.45) is 11.8 Å². The Morgan fingerprint density at radius 3 is 1.10 bits per heavy atom. The van der Waals surface area contributed by atoms with E-state index in [-0.39, 0.29) is 33.8 Å². The molecule has 2 fully saturated rings. The molecule has 4 heteroatoms. The highest BCUT2D eigenvalue weighted by molar-refractivity contribution is 6.31. The van der Waals surface area contributed by atoms with Crippen LogP contribution in [0.1, 0.15) is 210 Å². The van der Waals surface area contributed by atoms with Gasteiger partial charge >= 0.3 is 0 Å². The smallest absolute Gasteiger partial charge is 0.198 e. The topological polar surface area (TPSA) is 74.6 Å². The molecule has 308 valence electrons. The summed E-state index contributed by atoms with van der Waals surface area (Å²) in [6, 6.07) is 23.6. The van der Waals surface area contributed by atoms with Gasteiger partial charge in [0.15, 0.2) is 11.6 Å². The van der Waals surface area contributed by atoms with Gasteiger partial charge in [0.05, 0.1) is 11.1 Å². The molecule has 3 aliphatic rings. The van der Waals surface area contributed by atoms with Gasteiger partial charge in [-0.1, -0.05) is 152 Å². The van der Waals surface area contributed by atoms with Crippen LogP contribution in [0.3, 0.4) is 0 Å². The maximum Gasteiger partial charge on any atom is 0.198 e. The number of ketones is 2. The van der Waals surface area contributed by atoms with E-state index in [2.05, 4.69) is 38.1 Å². The minimum Gasteiger partial charge on any atom is -0.507 e. The van der Waals surface area contributed by atoms with Gasteiger partial charge in [0.2, 0.25) is 0 Å². The lowest BCUT2D eigenvalue weighted by atomic mass is 9.76. The molecule has 4 aromatic rings. The SMILES string of the molecule is CCCCCCCCC1CCC(c2ccc(-c3ccc4c(c3O)C(=O)c3ccc(-c5ccc(C6CCC(CCCCCCCC)CC6)cc5)c(O)c3C4=O)cc2)CC1. The van der Waals surface area contributed by atoms with Gasteiger partial charge in [-0.05, 0) is 122 Å². The maximum absolute atomic E-state index is 14.0. The third kappa shape index (κ3) is 9.64. The van der Waals surface area contributed by atoms with Crippen molar-refractivity contribution in [1.29, 1.82) is 0 Å². The van der Waals surface area contributed by atoms with Crippen LogP contribution < -0.4 is 0 Å². The van der Waals surface area contributed by atoms with Crippen LogP contribution >= 0.6 is 0 Å². The molecule has 0 aromatic heterocycles. The van der Waals surface area contributed by atoms with Crippen molar-refractivity contribution in [2.75, 3.05) is 0 Å². The van der Waals surface area contributed by atoms with Gasteiger partial charge in [0.25, 0.3) is 0 Å². The maximum atomic E-state index is 14.0. The van der Waals surface area contributed by atoms with E-state index < -0.39 is 11.6 Å². The van der Waals surface area contributed by atoms with E-state index in [1.807, 2.05) is 24.3 Å². The molecule has 0 unspecified atom stereocenters. The number of benzene rings is 4. The van der Waals surface area contributed by atoms with Gasteiger partial charge in [-0.2, -0.15) is 0 Å². The molecule has 58 heavy (non-hydrogen) atoms. The monoisotopic (exact) mass is 781 g/mol. The quantitative estimate of drug-likeness (QED) is 0.0869. The highest BCUT2D eigenvalue weighted by atomic mass is 16.3. The fourth-order valence-electron chi connectivity index (χ4n) is 10.6. The molecular weight excluding hydrogens is 713 g/mol. The van der Waals surface area contributed by atoms with Crippen LogP contribution in [0.2, 0.25) is 0 Å². The van der Waals surface area contributed by atoms with Crippen LogP contribution in [-0.2, 0) is 0 Å². The number of aromatic hydroxyl groups is 2. The molecule has 2 saturated carbocycles. The Morgan fingerprint density at radius 1 is 0.414 bits per heavy atom. The van der Waals surface area contributed by atoms with Gasteiger partial charge < -0.3 is 10.2 Å². The van der Waals surface area contributed by atoms with E-state index >= 15 is 0 Å². The molecule has 0 amide bonds. The summed E-state index contributed by atoms with van der Waals surface area (Å²) in [6.07, 6.45) is 29.2. The highest BCUT2D eigenvalue weighted by Gasteiger charge is 2.36. The van der Waals surface area contributed by atoms with Crippen LogP contribution in [-0.4, -0.2) is 21.8 Å². The van der Waals surface area contributed by atoms with Gasteiger partial charge in [0.1, 0.15) is 11.5 Å². The Bertz CT molecular complexity index is 1830. The molecule has 2 N–H and O–H groups in total. The van der Waals surface area contributed by atoms with Gasteiger partial charge in [-0.25, -0.2) is 0 Å². The zero-order valence-electron chi connectivity index (χ0n) is 35.5. The van der Waals surface area contributed by atoms with E-state index in [0.29, 0.717) is 23.0 Å². The molecule has 3 aliphatic carbocycles. The summed E-state index contributed by atoms with van der Waals surface area (Å²) >= 11 is 0. The van der Waals surface area contributed by atoms with Crippen LogP contribution in [0, 0.1) is 11.8 Å². The number of carbonyl (C=O) groups is 2. The van der Waals surface area contributed by atoms with Crippen molar-refractivity contribution in [3.05, 3.63) is 106 Å². The molecular formula is C54H68O4. The van der Waals surface area contributed by atoms with Crippen LogP contribution in [0.15, 0.2) is 72.8 Å². The largest absolute Gasteiger partial charge is 0.507 e. The molecule has 0 saturated heterocycles. The van der Waals surface area contributed by atoms with Crippen LogP contribution in [0.4, 0.5) is 0 Å². The molecule has 0 aliphatic heterocycles. The Kier molecular flexibility index (Phi) is 14.6. The van der Waals surface area contributed by atoms with Crippen molar-refractivity contribution >= 4 is 11.6 Å². The second-order valence-corrected chi connectivity index (χ2v) is 18.2. The zero-order valence-corrected chi connectivity index (χ0v) is 35.5. The van der Waals surface area contributed by atoms with E-state index in [1.165, 1.54) is 152 Å². The van der Waals surface area contributed by atoms with Crippen molar-refractivity contribution in [1.82, 2.24) is 0 Å². The minimum absolute atomic E-state index is 0.0148. The third-order valence-corrected chi connectivity index (χ3v) is 14.3. The fraction of sp³-hybridized carbons (Fsp3) is 0.519. The lowest BCUT2D eigenvalue weighted by Gasteiger charge is -2.29. The third-order valence-electron chi connectivity index (χ3n) is 14.3. The first-order valence-electron chi connectivity index (χ1n) is 23.4. The average Bonchev–Trinajstić information content (AvgIpc) is 3.26. The molecule has 0 spiro atoms. The number of phenolic OH excluding ortho intramolecular Hbond substituents is 2. The molecule has 4 aromatic carbocycles. The first-order chi connectivity index (χ1) is 28.4. The summed E-state index contributed by atoms with van der Waals surface area (Å²) in [6.45, 7) is 4.55. The molecule has 0 heterocycles. The Labute approximate surface area is 348 Å². The number of hydrogen-bond donors (Lipinski definition) is 2. The molecule has 7 rings (SSSR count). The first-order valence-corrected chi connectivity index (χ1v) is 23.4. The van der Waals surface area contributed by atoms with Crippen LogP contribution in [0.5, 0.6) is 11.5 Å². The van der Waals surface area contributed by atoms with Gasteiger partial charge in [-0.3, -0.25) is 9.59 Å². The Hall–Kier alpha value is -4.18. The zero-order chi connectivity index (χ0) is 40.4. The van der Waals surface area contributed by atoms with Crippen LogP contribution in [0.25, 0.3) is 22.3 Å². The molecule has 0 atom stereocenters. The van der Waals surface area contributed by atoms with E-state index in [4.69, 9.17) is 0 Å². The highest BCUT2D eigenvalue weighted by Crippen LogP contribution is 2.45. The second-order valence-electron chi connectivity index (χ2n) is 18.2. The molecule has 0 bridgehead atoms. The summed E-state index contributed by atoms with van der Waals surface area (Å²) in [5, 5.41) is 23.1. The van der Waals surface area contributed by atoms with E-state index in [1.54, 1.807) is 24.3 Å². The summed E-state index contributed by atoms with van der Waals surface area (Å²) in [7, 11) is 0. The van der Waals surface area contributed by atoms with E-state index in [0.717, 1.165) is 23.0 Å². The predicted molar refractivity (Wildman–Crippen MR) is 239 cm³/mol. The van der Waals surface area contributed by atoms with Crippen molar-refractivity contribution in [3.8, 4) is 33.8 Å². The Morgan fingerprint density at radius 2 is 0.741 bits per heavy atom. The number of unbranched alkanes of at least 4 members (excludes halogenated alkanes) is 10. The first kappa shape index (κ1) is 42.0. The Balaban J connectivity index is 0.971. The number of phenols is 2. The minimum atomic E-state index is -0.442. The number of rotatable bonds is 18. The normalized spacial score (nSPS) is 20.5. The summed E-state index contributed by atoms with van der Waals surface area (Å²) < 4.78 is 0. The van der Waals surface area contributed by atoms with Crippen molar-refractivity contribution in [3.63, 3.8) is 0 Å². The van der Waals surface area contributed by atoms with Crippen molar-refractivity contribution in [2.45, 2.75) is 167 Å². The number of hydrogen-bond acceptors (Lipinski definition) is 4. The lowest BCUT2D eigenvalue weighted by molar-refractivity contribution is 0.0974. The predicted octanol–water partition coefficient (Wildman–Crippen LogP) is 15.3. The number of fused-ring (bicyclic) bond motifs is 2. The number of carbonyl (C=O) groups excluding carboxylic acids is 2.